The lowest BCUT2D eigenvalue weighted by molar-refractivity contribution is -0.116. The van der Waals surface area contributed by atoms with Crippen molar-refractivity contribution in [2.24, 2.45) is 0 Å². The van der Waals surface area contributed by atoms with Gasteiger partial charge in [-0.3, -0.25) is 9.89 Å². The number of nitrogens with two attached hydrogens (primary N) is 1. The Labute approximate surface area is 121 Å². The van der Waals surface area contributed by atoms with Crippen LogP contribution in [0.25, 0.3) is 0 Å². The van der Waals surface area contributed by atoms with Crippen LogP contribution in [0.1, 0.15) is 71.1 Å². The van der Waals surface area contributed by atoms with Crippen molar-refractivity contribution in [1.82, 2.24) is 10.2 Å². The van der Waals surface area contributed by atoms with Crippen molar-refractivity contribution >= 4 is 17.4 Å². The lowest BCUT2D eigenvalue weighted by Crippen LogP contribution is -2.12. The van der Waals surface area contributed by atoms with E-state index in [0.717, 1.165) is 12.8 Å². The van der Waals surface area contributed by atoms with Crippen molar-refractivity contribution in [2.75, 3.05) is 11.1 Å². The molecule has 1 rings (SSSR count). The first-order valence-corrected chi connectivity index (χ1v) is 7.82. The summed E-state index contributed by atoms with van der Waals surface area (Å²) in [7, 11) is 0. The van der Waals surface area contributed by atoms with Gasteiger partial charge in [0.05, 0.1) is 11.9 Å². The minimum atomic E-state index is 0.00361. The summed E-state index contributed by atoms with van der Waals surface area (Å²) < 4.78 is 0. The zero-order valence-electron chi connectivity index (χ0n) is 12.6. The van der Waals surface area contributed by atoms with E-state index in [4.69, 9.17) is 5.73 Å². The second-order valence-electron chi connectivity index (χ2n) is 5.33. The number of hydrogen-bond acceptors (Lipinski definition) is 3. The molecule has 5 nitrogen and oxygen atoms in total. The molecule has 0 unspecified atom stereocenters. The van der Waals surface area contributed by atoms with Gasteiger partial charge in [0.1, 0.15) is 0 Å². The van der Waals surface area contributed by atoms with Crippen LogP contribution in [-0.2, 0) is 4.79 Å². The molecule has 0 aromatic carbocycles. The monoisotopic (exact) mass is 280 g/mol. The molecule has 0 aliphatic carbocycles. The molecule has 0 fully saturated rings. The van der Waals surface area contributed by atoms with E-state index in [-0.39, 0.29) is 5.91 Å². The van der Waals surface area contributed by atoms with Crippen molar-refractivity contribution in [1.29, 1.82) is 0 Å². The largest absolute Gasteiger partial charge is 0.394 e. The molecule has 0 aliphatic rings. The number of nitrogens with zero attached hydrogens (tertiary/aromatic N) is 1. The fourth-order valence-electron chi connectivity index (χ4n) is 2.19. The Kier molecular flexibility index (Phi) is 8.51. The molecule has 0 aliphatic heterocycles. The Morgan fingerprint density at radius 3 is 2.30 bits per heavy atom. The molecule has 5 heteroatoms. The first kappa shape index (κ1) is 16.5. The molecule has 4 N–H and O–H groups in total. The highest BCUT2D eigenvalue weighted by atomic mass is 16.1. The summed E-state index contributed by atoms with van der Waals surface area (Å²) in [6, 6.07) is 0. The summed E-state index contributed by atoms with van der Waals surface area (Å²) in [5.41, 5.74) is 6.10. The van der Waals surface area contributed by atoms with Crippen LogP contribution < -0.4 is 11.1 Å². The van der Waals surface area contributed by atoms with Crippen LogP contribution in [0.3, 0.4) is 0 Å². The summed E-state index contributed by atoms with van der Waals surface area (Å²) in [4.78, 5) is 11.7. The third-order valence-corrected chi connectivity index (χ3v) is 3.44. The second kappa shape index (κ2) is 10.3. The SMILES string of the molecule is CCCCCCCCCCCC(=O)Nc1[nH]ncc1N. The predicted octanol–water partition coefficient (Wildman–Crippen LogP) is 3.85. The number of nitrogens with one attached hydrogen (secondary N) is 2. The molecular weight excluding hydrogens is 252 g/mol. The van der Waals surface area contributed by atoms with Gasteiger partial charge >= 0.3 is 0 Å². The number of aromatic amines is 1. The molecule has 0 saturated carbocycles. The molecule has 1 heterocycles. The van der Waals surface area contributed by atoms with E-state index in [9.17, 15) is 4.79 Å². The number of anilines is 2. The molecule has 1 aromatic rings. The van der Waals surface area contributed by atoms with E-state index in [1.165, 1.54) is 51.1 Å². The lowest BCUT2D eigenvalue weighted by atomic mass is 10.1. The van der Waals surface area contributed by atoms with Crippen molar-refractivity contribution in [3.8, 4) is 0 Å². The summed E-state index contributed by atoms with van der Waals surface area (Å²) in [5, 5.41) is 9.16. The van der Waals surface area contributed by atoms with E-state index >= 15 is 0 Å². The van der Waals surface area contributed by atoms with E-state index < -0.39 is 0 Å². The number of nitrogen functional groups attached to an aromatic ring is 1. The van der Waals surface area contributed by atoms with Gasteiger partial charge in [-0.2, -0.15) is 5.10 Å². The van der Waals surface area contributed by atoms with Gasteiger partial charge < -0.3 is 11.1 Å². The second-order valence-corrected chi connectivity index (χ2v) is 5.33. The summed E-state index contributed by atoms with van der Waals surface area (Å²) >= 11 is 0. The van der Waals surface area contributed by atoms with Gasteiger partial charge in [0.2, 0.25) is 5.91 Å². The van der Waals surface area contributed by atoms with E-state index in [1.54, 1.807) is 0 Å². The Balaban J connectivity index is 1.93. The number of rotatable bonds is 11. The molecule has 0 saturated heterocycles. The number of amides is 1. The average Bonchev–Trinajstić information content (AvgIpc) is 2.82. The number of carbonyl (C=O) groups excluding carboxylic acids is 1. The fourth-order valence-corrected chi connectivity index (χ4v) is 2.19. The number of H-pyrrole nitrogens is 1. The highest BCUT2D eigenvalue weighted by Crippen LogP contribution is 2.14. The van der Waals surface area contributed by atoms with Crippen molar-refractivity contribution in [3.63, 3.8) is 0 Å². The molecule has 1 amide bonds. The van der Waals surface area contributed by atoms with Gasteiger partial charge in [0.25, 0.3) is 0 Å². The number of hydrogen-bond donors (Lipinski definition) is 3. The highest BCUT2D eigenvalue weighted by Gasteiger charge is 2.06. The summed E-state index contributed by atoms with van der Waals surface area (Å²) in [6.07, 6.45) is 13.3. The van der Waals surface area contributed by atoms with Crippen LogP contribution in [0.4, 0.5) is 11.5 Å². The summed E-state index contributed by atoms with van der Waals surface area (Å²) in [5.74, 6) is 0.509. The molecular formula is C15H28N4O. The Morgan fingerprint density at radius 2 is 1.75 bits per heavy atom. The van der Waals surface area contributed by atoms with Gasteiger partial charge in [0.15, 0.2) is 5.82 Å². The molecule has 20 heavy (non-hydrogen) atoms. The molecule has 114 valence electrons. The van der Waals surface area contributed by atoms with Gasteiger partial charge in [-0.25, -0.2) is 0 Å². The van der Waals surface area contributed by atoms with Crippen LogP contribution in [0.15, 0.2) is 6.20 Å². The first-order chi connectivity index (χ1) is 9.74. The molecule has 1 aromatic heterocycles. The van der Waals surface area contributed by atoms with Crippen LogP contribution in [-0.4, -0.2) is 16.1 Å². The van der Waals surface area contributed by atoms with Crippen molar-refractivity contribution in [2.45, 2.75) is 71.1 Å². The van der Waals surface area contributed by atoms with E-state index in [2.05, 4.69) is 22.4 Å². The first-order valence-electron chi connectivity index (χ1n) is 7.82. The fraction of sp³-hybridized carbons (Fsp3) is 0.733. The minimum Gasteiger partial charge on any atom is -0.394 e. The van der Waals surface area contributed by atoms with Crippen LogP contribution >= 0.6 is 0 Å². The number of unbranched alkanes of at least 4 members (excludes halogenated alkanes) is 8. The number of aromatic nitrogens is 2. The van der Waals surface area contributed by atoms with Crippen molar-refractivity contribution in [3.05, 3.63) is 6.20 Å². The maximum atomic E-state index is 11.7. The van der Waals surface area contributed by atoms with Gasteiger partial charge in [-0.05, 0) is 6.42 Å². The zero-order chi connectivity index (χ0) is 14.6. The minimum absolute atomic E-state index is 0.00361. The molecule has 0 radical (unpaired) electrons. The quantitative estimate of drug-likeness (QED) is 0.538. The molecule has 0 bridgehead atoms. The Morgan fingerprint density at radius 1 is 1.15 bits per heavy atom. The number of carbonyl (C=O) groups is 1. The van der Waals surface area contributed by atoms with Gasteiger partial charge in [0, 0.05) is 6.42 Å². The van der Waals surface area contributed by atoms with Gasteiger partial charge in [-0.15, -0.1) is 0 Å². The molecule has 0 spiro atoms. The normalized spacial score (nSPS) is 10.7. The highest BCUT2D eigenvalue weighted by molar-refractivity contribution is 5.92. The van der Waals surface area contributed by atoms with Crippen LogP contribution in [0, 0.1) is 0 Å². The maximum absolute atomic E-state index is 11.7. The average molecular weight is 280 g/mol. The topological polar surface area (TPSA) is 83.8 Å². The maximum Gasteiger partial charge on any atom is 0.225 e. The summed E-state index contributed by atoms with van der Waals surface area (Å²) in [6.45, 7) is 2.24. The Hall–Kier alpha value is -1.52. The third-order valence-electron chi connectivity index (χ3n) is 3.44. The standard InChI is InChI=1S/C15H28N4O/c1-2-3-4-5-6-7-8-9-10-11-14(20)18-15-13(16)12-17-19-15/h12H,2-11,16H2,1H3,(H2,17,18,19,20). The van der Waals surface area contributed by atoms with E-state index in [1.807, 2.05) is 0 Å². The Bertz CT molecular complexity index is 376. The van der Waals surface area contributed by atoms with Gasteiger partial charge in [-0.1, -0.05) is 58.3 Å². The van der Waals surface area contributed by atoms with Crippen LogP contribution in [0.2, 0.25) is 0 Å². The van der Waals surface area contributed by atoms with Crippen LogP contribution in [0.5, 0.6) is 0 Å². The smallest absolute Gasteiger partial charge is 0.225 e. The zero-order valence-corrected chi connectivity index (χ0v) is 12.6. The third kappa shape index (κ3) is 7.16. The van der Waals surface area contributed by atoms with Crippen molar-refractivity contribution < 1.29 is 4.79 Å². The molecule has 0 atom stereocenters. The lowest BCUT2D eigenvalue weighted by Gasteiger charge is -2.04. The van der Waals surface area contributed by atoms with E-state index in [0.29, 0.717) is 17.9 Å². The predicted molar refractivity (Wildman–Crippen MR) is 83.5 cm³/mol.